The van der Waals surface area contributed by atoms with Crippen molar-refractivity contribution < 1.29 is 27.3 Å². The molecule has 8 nitrogen and oxygen atoms in total. The number of amides is 3. The fraction of sp³-hybridized carbons (Fsp3) is 0.467. The Hall–Kier alpha value is -2.04. The van der Waals surface area contributed by atoms with Crippen molar-refractivity contribution in [3.05, 3.63) is 30.1 Å². The van der Waals surface area contributed by atoms with E-state index in [9.17, 15) is 22.4 Å². The second kappa shape index (κ2) is 7.89. The summed E-state index contributed by atoms with van der Waals surface area (Å²) in [6.07, 6.45) is 0. The number of imide groups is 1. The van der Waals surface area contributed by atoms with Crippen LogP contribution in [0, 0.1) is 5.82 Å². The lowest BCUT2D eigenvalue weighted by Crippen LogP contribution is -3.19. The second-order valence-electron chi connectivity index (χ2n) is 5.78. The number of hydrogen-bond donors (Lipinski definition) is 3. The maximum Gasteiger partial charge on any atom is 0.321 e. The third-order valence-corrected chi connectivity index (χ3v) is 6.22. The maximum atomic E-state index is 13.8. The van der Waals surface area contributed by atoms with Gasteiger partial charge in [0.2, 0.25) is 10.0 Å². The summed E-state index contributed by atoms with van der Waals surface area (Å²) in [4.78, 5) is 23.7. The molecule has 0 unspecified atom stereocenters. The molecular weight excluding hydrogens is 351 g/mol. The van der Waals surface area contributed by atoms with Crippen molar-refractivity contribution >= 4 is 22.0 Å². The highest BCUT2D eigenvalue weighted by Gasteiger charge is 2.35. The fourth-order valence-electron chi connectivity index (χ4n) is 2.71. The van der Waals surface area contributed by atoms with E-state index in [1.165, 1.54) is 29.6 Å². The first-order chi connectivity index (χ1) is 11.8. The predicted molar refractivity (Wildman–Crippen MR) is 87.9 cm³/mol. The van der Waals surface area contributed by atoms with Crippen molar-refractivity contribution in [2.24, 2.45) is 0 Å². The van der Waals surface area contributed by atoms with E-state index < -0.39 is 33.8 Å². The summed E-state index contributed by atoms with van der Waals surface area (Å²) >= 11 is 0. The summed E-state index contributed by atoms with van der Waals surface area (Å²) in [6, 6.07) is 4.17. The molecule has 1 heterocycles. The van der Waals surface area contributed by atoms with Gasteiger partial charge in [-0.1, -0.05) is 12.1 Å². The Kier molecular flexibility index (Phi) is 6.09. The number of carbonyl (C=O) groups is 2. The lowest BCUT2D eigenvalue weighted by molar-refractivity contribution is -0.917. The first-order valence-electron chi connectivity index (χ1n) is 7.89. The molecule has 0 saturated carbocycles. The van der Waals surface area contributed by atoms with Crippen LogP contribution in [-0.4, -0.2) is 63.9 Å². The lowest BCUT2D eigenvalue weighted by atomic mass is 10.2. The third kappa shape index (κ3) is 4.33. The Morgan fingerprint density at radius 2 is 1.84 bits per heavy atom. The van der Waals surface area contributed by atoms with E-state index in [-0.39, 0.29) is 18.0 Å². The van der Waals surface area contributed by atoms with Crippen LogP contribution in [0.3, 0.4) is 0 Å². The average molecular weight is 373 g/mol. The SMILES string of the molecule is CNC(=O)NC(=O)[C@H](C)[NH+]1CCN(S(=O)(=O)c2ccccc2F)CC1. The van der Waals surface area contributed by atoms with Gasteiger partial charge in [0.05, 0.1) is 26.2 Å². The molecule has 0 radical (unpaired) electrons. The van der Waals surface area contributed by atoms with Crippen LogP contribution < -0.4 is 15.5 Å². The fourth-order valence-corrected chi connectivity index (χ4v) is 4.21. The minimum absolute atomic E-state index is 0.170. The Balaban J connectivity index is 2.01. The molecule has 3 amide bonds. The molecule has 1 aromatic rings. The minimum atomic E-state index is -3.90. The standard InChI is InChI=1S/C15H21FN4O4S/c1-11(14(21)18-15(22)17-2)19-7-9-20(10-8-19)25(23,24)13-6-4-3-5-12(13)16/h3-6,11H,7-10H2,1-2H3,(H2,17,18,21,22)/p+1/t11-/m0/s1. The van der Waals surface area contributed by atoms with Gasteiger partial charge in [-0.2, -0.15) is 4.31 Å². The highest BCUT2D eigenvalue weighted by atomic mass is 32.2. The maximum absolute atomic E-state index is 13.8. The molecule has 1 aliphatic rings. The molecular formula is C15H22FN4O4S+. The van der Waals surface area contributed by atoms with Crippen molar-refractivity contribution in [3.8, 4) is 0 Å². The summed E-state index contributed by atoms with van der Waals surface area (Å²) in [5, 5.41) is 4.51. The molecule has 2 rings (SSSR count). The molecule has 0 spiro atoms. The van der Waals surface area contributed by atoms with Crippen LogP contribution in [0.15, 0.2) is 29.2 Å². The zero-order valence-electron chi connectivity index (χ0n) is 14.1. The largest absolute Gasteiger partial charge is 0.341 e. The molecule has 0 bridgehead atoms. The van der Waals surface area contributed by atoms with Crippen molar-refractivity contribution in [1.82, 2.24) is 14.9 Å². The number of nitrogens with zero attached hydrogens (tertiary/aromatic N) is 1. The minimum Gasteiger partial charge on any atom is -0.341 e. The molecule has 10 heteroatoms. The number of carbonyl (C=O) groups excluding carboxylic acids is 2. The van der Waals surface area contributed by atoms with Crippen LogP contribution in [-0.2, 0) is 14.8 Å². The normalized spacial score (nSPS) is 17.7. The molecule has 0 aliphatic carbocycles. The zero-order chi connectivity index (χ0) is 18.6. The Morgan fingerprint density at radius 1 is 1.24 bits per heavy atom. The van der Waals surface area contributed by atoms with E-state index in [0.29, 0.717) is 13.1 Å². The number of piperazine rings is 1. The molecule has 1 fully saturated rings. The summed E-state index contributed by atoms with van der Waals surface area (Å²) in [7, 11) is -2.50. The van der Waals surface area contributed by atoms with Gasteiger partial charge in [-0.25, -0.2) is 17.6 Å². The molecule has 138 valence electrons. The monoisotopic (exact) mass is 373 g/mol. The van der Waals surface area contributed by atoms with E-state index in [1.807, 2.05) is 0 Å². The number of benzene rings is 1. The van der Waals surface area contributed by atoms with Gasteiger partial charge in [0.25, 0.3) is 5.91 Å². The van der Waals surface area contributed by atoms with Crippen LogP contribution in [0.5, 0.6) is 0 Å². The molecule has 1 aromatic carbocycles. The third-order valence-electron chi connectivity index (χ3n) is 4.29. The number of urea groups is 1. The van der Waals surface area contributed by atoms with Gasteiger partial charge < -0.3 is 10.2 Å². The van der Waals surface area contributed by atoms with Crippen LogP contribution in [0.4, 0.5) is 9.18 Å². The Morgan fingerprint density at radius 3 is 2.40 bits per heavy atom. The number of halogens is 1. The van der Waals surface area contributed by atoms with E-state index in [4.69, 9.17) is 0 Å². The van der Waals surface area contributed by atoms with Crippen LogP contribution >= 0.6 is 0 Å². The van der Waals surface area contributed by atoms with Crippen LogP contribution in [0.1, 0.15) is 6.92 Å². The molecule has 1 aliphatic heterocycles. The van der Waals surface area contributed by atoms with Crippen molar-refractivity contribution in [1.29, 1.82) is 0 Å². The topological polar surface area (TPSA) is 100 Å². The van der Waals surface area contributed by atoms with E-state index in [2.05, 4.69) is 10.6 Å². The van der Waals surface area contributed by atoms with Gasteiger partial charge in [0.15, 0.2) is 6.04 Å². The smallest absolute Gasteiger partial charge is 0.321 e. The summed E-state index contributed by atoms with van der Waals surface area (Å²) in [5.74, 6) is -1.21. The summed E-state index contributed by atoms with van der Waals surface area (Å²) in [5.41, 5.74) is 0. The van der Waals surface area contributed by atoms with Crippen molar-refractivity contribution in [3.63, 3.8) is 0 Å². The van der Waals surface area contributed by atoms with Crippen molar-refractivity contribution in [2.75, 3.05) is 33.2 Å². The first kappa shape index (κ1) is 19.3. The van der Waals surface area contributed by atoms with Gasteiger partial charge in [0.1, 0.15) is 10.7 Å². The highest BCUT2D eigenvalue weighted by Crippen LogP contribution is 2.18. The zero-order valence-corrected chi connectivity index (χ0v) is 14.9. The van der Waals surface area contributed by atoms with E-state index >= 15 is 0 Å². The van der Waals surface area contributed by atoms with Gasteiger partial charge in [-0.3, -0.25) is 10.1 Å². The molecule has 1 atom stereocenters. The van der Waals surface area contributed by atoms with Crippen LogP contribution in [0.25, 0.3) is 0 Å². The number of rotatable bonds is 4. The molecule has 1 saturated heterocycles. The molecule has 3 N–H and O–H groups in total. The van der Waals surface area contributed by atoms with Crippen molar-refractivity contribution in [2.45, 2.75) is 17.9 Å². The van der Waals surface area contributed by atoms with Gasteiger partial charge in [-0.05, 0) is 19.1 Å². The van der Waals surface area contributed by atoms with Gasteiger partial charge in [-0.15, -0.1) is 0 Å². The predicted octanol–water partition coefficient (Wildman–Crippen LogP) is -1.44. The number of sulfonamides is 1. The van der Waals surface area contributed by atoms with E-state index in [0.717, 1.165) is 11.0 Å². The first-order valence-corrected chi connectivity index (χ1v) is 9.33. The molecule has 0 aromatic heterocycles. The quantitative estimate of drug-likeness (QED) is 0.602. The number of quaternary nitrogens is 1. The summed E-state index contributed by atoms with van der Waals surface area (Å²) in [6.45, 7) is 2.79. The highest BCUT2D eigenvalue weighted by molar-refractivity contribution is 7.89. The van der Waals surface area contributed by atoms with Crippen LogP contribution in [0.2, 0.25) is 0 Å². The molecule has 25 heavy (non-hydrogen) atoms. The van der Waals surface area contributed by atoms with Gasteiger partial charge in [0, 0.05) is 7.05 Å². The lowest BCUT2D eigenvalue weighted by Gasteiger charge is -2.34. The summed E-state index contributed by atoms with van der Waals surface area (Å²) < 4.78 is 40.1. The Bertz CT molecular complexity index is 748. The number of nitrogens with one attached hydrogen (secondary N) is 3. The van der Waals surface area contributed by atoms with E-state index in [1.54, 1.807) is 6.92 Å². The average Bonchev–Trinajstić information content (AvgIpc) is 2.61. The number of hydrogen-bond acceptors (Lipinski definition) is 4. The van der Waals surface area contributed by atoms with Gasteiger partial charge >= 0.3 is 6.03 Å². The second-order valence-corrected chi connectivity index (χ2v) is 7.69. The Labute approximate surface area is 146 Å².